The molecule has 96 valence electrons. The molecule has 0 saturated heterocycles. The topological polar surface area (TPSA) is 29.3 Å². The molecule has 0 unspecified atom stereocenters. The van der Waals surface area contributed by atoms with Gasteiger partial charge >= 0.3 is 0 Å². The molecule has 0 aliphatic heterocycles. The lowest BCUT2D eigenvalue weighted by Crippen LogP contribution is -2.35. The highest BCUT2D eigenvalue weighted by Crippen LogP contribution is 2.27. The summed E-state index contributed by atoms with van der Waals surface area (Å²) in [7, 11) is 0. The van der Waals surface area contributed by atoms with Gasteiger partial charge in [-0.15, -0.1) is 0 Å². The average molecular weight is 299 g/mol. The fourth-order valence-corrected chi connectivity index (χ4v) is 2.31. The molecule has 1 aromatic rings. The molecule has 3 heteroatoms. The number of halogens is 1. The van der Waals surface area contributed by atoms with Crippen LogP contribution in [0.15, 0.2) is 22.7 Å². The van der Waals surface area contributed by atoms with E-state index in [4.69, 9.17) is 5.73 Å². The first kappa shape index (κ1) is 14.5. The molecule has 0 bridgehead atoms. The van der Waals surface area contributed by atoms with Crippen molar-refractivity contribution >= 4 is 21.6 Å². The Morgan fingerprint density at radius 1 is 1.24 bits per heavy atom. The summed E-state index contributed by atoms with van der Waals surface area (Å²) in [4.78, 5) is 2.43. The van der Waals surface area contributed by atoms with Gasteiger partial charge in [-0.05, 0) is 37.5 Å². The van der Waals surface area contributed by atoms with Gasteiger partial charge in [0.1, 0.15) is 0 Å². The third-order valence-corrected chi connectivity index (χ3v) is 3.26. The van der Waals surface area contributed by atoms with Gasteiger partial charge in [0.25, 0.3) is 0 Å². The van der Waals surface area contributed by atoms with Crippen LogP contribution in [0.4, 0.5) is 5.69 Å². The summed E-state index contributed by atoms with van der Waals surface area (Å²) in [5, 5.41) is 0. The van der Waals surface area contributed by atoms with Crippen LogP contribution in [0.2, 0.25) is 0 Å². The summed E-state index contributed by atoms with van der Waals surface area (Å²) in [6.07, 6.45) is 0. The SMILES string of the molecule is CC(C)CN(c1cc(Br)ccc1CN)C(C)C. The summed E-state index contributed by atoms with van der Waals surface area (Å²) < 4.78 is 1.11. The van der Waals surface area contributed by atoms with Crippen molar-refractivity contribution in [3.63, 3.8) is 0 Å². The molecular formula is C14H23BrN2. The molecule has 0 amide bonds. The van der Waals surface area contributed by atoms with E-state index in [0.29, 0.717) is 18.5 Å². The first-order chi connectivity index (χ1) is 7.95. The van der Waals surface area contributed by atoms with Crippen molar-refractivity contribution in [1.29, 1.82) is 0 Å². The van der Waals surface area contributed by atoms with Crippen molar-refractivity contribution in [3.8, 4) is 0 Å². The average Bonchev–Trinajstić information content (AvgIpc) is 2.25. The Morgan fingerprint density at radius 3 is 2.35 bits per heavy atom. The Labute approximate surface area is 113 Å². The minimum atomic E-state index is 0.483. The van der Waals surface area contributed by atoms with Crippen LogP contribution >= 0.6 is 15.9 Å². The molecule has 0 saturated carbocycles. The molecule has 0 aromatic heterocycles. The number of nitrogens with two attached hydrogens (primary N) is 1. The standard InChI is InChI=1S/C14H23BrN2/c1-10(2)9-17(11(3)4)14-7-13(15)6-5-12(14)8-16/h5-7,10-11H,8-9,16H2,1-4H3. The van der Waals surface area contributed by atoms with Crippen molar-refractivity contribution in [2.75, 3.05) is 11.4 Å². The lowest BCUT2D eigenvalue weighted by Gasteiger charge is -2.32. The molecule has 0 spiro atoms. The fourth-order valence-electron chi connectivity index (χ4n) is 1.96. The van der Waals surface area contributed by atoms with Crippen LogP contribution in [0.3, 0.4) is 0 Å². The number of hydrogen-bond acceptors (Lipinski definition) is 2. The first-order valence-electron chi connectivity index (χ1n) is 6.20. The number of benzene rings is 1. The molecule has 1 aromatic carbocycles. The predicted octanol–water partition coefficient (Wildman–Crippen LogP) is 3.78. The summed E-state index contributed by atoms with van der Waals surface area (Å²) in [5.74, 6) is 0.641. The molecule has 0 heterocycles. The van der Waals surface area contributed by atoms with Gasteiger partial charge in [-0.1, -0.05) is 35.8 Å². The highest BCUT2D eigenvalue weighted by molar-refractivity contribution is 9.10. The zero-order chi connectivity index (χ0) is 13.0. The van der Waals surface area contributed by atoms with E-state index in [1.54, 1.807) is 0 Å². The maximum atomic E-state index is 5.83. The largest absolute Gasteiger partial charge is 0.369 e. The van der Waals surface area contributed by atoms with Crippen LogP contribution in [-0.4, -0.2) is 12.6 Å². The van der Waals surface area contributed by atoms with Crippen molar-refractivity contribution in [2.45, 2.75) is 40.3 Å². The van der Waals surface area contributed by atoms with Crippen molar-refractivity contribution in [1.82, 2.24) is 0 Å². The van der Waals surface area contributed by atoms with Crippen LogP contribution in [0.25, 0.3) is 0 Å². The van der Waals surface area contributed by atoms with Gasteiger partial charge in [0.2, 0.25) is 0 Å². The van der Waals surface area contributed by atoms with Crippen LogP contribution in [0.1, 0.15) is 33.3 Å². The molecule has 0 fully saturated rings. The smallest absolute Gasteiger partial charge is 0.0425 e. The zero-order valence-electron chi connectivity index (χ0n) is 11.2. The van der Waals surface area contributed by atoms with Gasteiger partial charge in [-0.2, -0.15) is 0 Å². The van der Waals surface area contributed by atoms with Gasteiger partial charge in [-0.3, -0.25) is 0 Å². The van der Waals surface area contributed by atoms with Crippen molar-refractivity contribution < 1.29 is 0 Å². The third-order valence-electron chi connectivity index (χ3n) is 2.76. The molecule has 0 radical (unpaired) electrons. The fraction of sp³-hybridized carbons (Fsp3) is 0.571. The minimum absolute atomic E-state index is 0.483. The van der Waals surface area contributed by atoms with Gasteiger partial charge in [0.15, 0.2) is 0 Å². The van der Waals surface area contributed by atoms with E-state index in [2.05, 4.69) is 66.7 Å². The second-order valence-electron chi connectivity index (χ2n) is 5.12. The lowest BCUT2D eigenvalue weighted by molar-refractivity contribution is 0.569. The third kappa shape index (κ3) is 4.00. The van der Waals surface area contributed by atoms with E-state index in [1.807, 2.05) is 0 Å². The van der Waals surface area contributed by atoms with Crippen molar-refractivity contribution in [3.05, 3.63) is 28.2 Å². The summed E-state index contributed by atoms with van der Waals surface area (Å²) in [6.45, 7) is 10.6. The zero-order valence-corrected chi connectivity index (χ0v) is 12.8. The number of anilines is 1. The molecule has 2 nitrogen and oxygen atoms in total. The molecule has 2 N–H and O–H groups in total. The van der Waals surface area contributed by atoms with Crippen LogP contribution in [0, 0.1) is 5.92 Å². The molecule has 0 atom stereocenters. The van der Waals surface area contributed by atoms with E-state index < -0.39 is 0 Å². The Balaban J connectivity index is 3.11. The van der Waals surface area contributed by atoms with Crippen LogP contribution in [0.5, 0.6) is 0 Å². The number of rotatable bonds is 5. The van der Waals surface area contributed by atoms with E-state index >= 15 is 0 Å². The second-order valence-corrected chi connectivity index (χ2v) is 6.03. The highest BCUT2D eigenvalue weighted by atomic mass is 79.9. The first-order valence-corrected chi connectivity index (χ1v) is 7.00. The highest BCUT2D eigenvalue weighted by Gasteiger charge is 2.15. The lowest BCUT2D eigenvalue weighted by atomic mass is 10.1. The number of nitrogens with zero attached hydrogens (tertiary/aromatic N) is 1. The summed E-state index contributed by atoms with van der Waals surface area (Å²) >= 11 is 3.54. The Hall–Kier alpha value is -0.540. The van der Waals surface area contributed by atoms with Gasteiger partial charge in [-0.25, -0.2) is 0 Å². The Bertz CT molecular complexity index is 361. The normalized spacial score (nSPS) is 11.3. The molecule has 1 rings (SSSR count). The van der Waals surface area contributed by atoms with Gasteiger partial charge in [0, 0.05) is 29.3 Å². The van der Waals surface area contributed by atoms with Crippen LogP contribution in [-0.2, 0) is 6.54 Å². The summed E-state index contributed by atoms with van der Waals surface area (Å²) in [6, 6.07) is 6.82. The predicted molar refractivity (Wildman–Crippen MR) is 79.4 cm³/mol. The van der Waals surface area contributed by atoms with Gasteiger partial charge in [0.05, 0.1) is 0 Å². The van der Waals surface area contributed by atoms with E-state index in [0.717, 1.165) is 11.0 Å². The molecule has 0 aliphatic rings. The monoisotopic (exact) mass is 298 g/mol. The second kappa shape index (κ2) is 6.41. The van der Waals surface area contributed by atoms with Crippen molar-refractivity contribution in [2.24, 2.45) is 11.7 Å². The van der Waals surface area contributed by atoms with Crippen LogP contribution < -0.4 is 10.6 Å². The quantitative estimate of drug-likeness (QED) is 0.896. The maximum absolute atomic E-state index is 5.83. The summed E-state index contributed by atoms with van der Waals surface area (Å²) in [5.41, 5.74) is 8.29. The number of hydrogen-bond donors (Lipinski definition) is 1. The Morgan fingerprint density at radius 2 is 1.88 bits per heavy atom. The Kier molecular flexibility index (Phi) is 5.47. The molecule has 17 heavy (non-hydrogen) atoms. The maximum Gasteiger partial charge on any atom is 0.0425 e. The minimum Gasteiger partial charge on any atom is -0.369 e. The van der Waals surface area contributed by atoms with E-state index in [-0.39, 0.29) is 0 Å². The van der Waals surface area contributed by atoms with E-state index in [1.165, 1.54) is 11.3 Å². The molecule has 0 aliphatic carbocycles. The van der Waals surface area contributed by atoms with Gasteiger partial charge < -0.3 is 10.6 Å². The van der Waals surface area contributed by atoms with E-state index in [9.17, 15) is 0 Å². The molecular weight excluding hydrogens is 276 g/mol.